The number of benzene rings is 9. The normalized spacial score (nSPS) is 11.3. The van der Waals surface area contributed by atoms with Crippen molar-refractivity contribution in [3.05, 3.63) is 225 Å². The lowest BCUT2D eigenvalue weighted by molar-refractivity contribution is 1.18. The molecule has 0 fully saturated rings. The predicted molar refractivity (Wildman–Crippen MR) is 250 cm³/mol. The zero-order chi connectivity index (χ0) is 39.8. The summed E-state index contributed by atoms with van der Waals surface area (Å²) in [6, 6.07) is 75.7. The molecule has 2 heterocycles. The molecule has 0 atom stereocenters. The highest BCUT2D eigenvalue weighted by atomic mass is 14.9. The Bertz CT molecular complexity index is 3290. The molecule has 0 aliphatic rings. The minimum atomic E-state index is 0.687. The summed E-state index contributed by atoms with van der Waals surface area (Å²) in [5.41, 5.74) is 13.8. The maximum Gasteiger partial charge on any atom is 0.160 e. The molecule has 0 amide bonds. The highest BCUT2D eigenvalue weighted by Gasteiger charge is 2.16. The Labute approximate surface area is 349 Å². The van der Waals surface area contributed by atoms with Crippen LogP contribution in [0.4, 0.5) is 0 Å². The van der Waals surface area contributed by atoms with Crippen molar-refractivity contribution in [3.8, 4) is 78.4 Å². The van der Waals surface area contributed by atoms with E-state index in [1.807, 2.05) is 42.7 Å². The quantitative estimate of drug-likeness (QED) is 0.152. The Balaban J connectivity index is 1.10. The van der Waals surface area contributed by atoms with E-state index in [0.717, 1.165) is 61.5 Å². The summed E-state index contributed by atoms with van der Waals surface area (Å²) >= 11 is 0. The summed E-state index contributed by atoms with van der Waals surface area (Å²) in [5, 5.41) is 7.54. The fraction of sp³-hybridized carbons (Fsp3) is 0. The summed E-state index contributed by atoms with van der Waals surface area (Å²) in [6.07, 6.45) is 3.72. The van der Waals surface area contributed by atoms with E-state index in [-0.39, 0.29) is 0 Å². The first-order chi connectivity index (χ1) is 29.7. The zero-order valence-electron chi connectivity index (χ0n) is 32.7. The molecular formula is C57H37N3. The molecule has 0 radical (unpaired) electrons. The van der Waals surface area contributed by atoms with E-state index in [1.54, 1.807) is 0 Å². The molecule has 2 aromatic heterocycles. The first kappa shape index (κ1) is 35.2. The van der Waals surface area contributed by atoms with Crippen LogP contribution >= 0.6 is 0 Å². The number of fused-ring (bicyclic) bond motifs is 6. The van der Waals surface area contributed by atoms with Crippen molar-refractivity contribution in [2.45, 2.75) is 0 Å². The third-order valence-electron chi connectivity index (χ3n) is 11.6. The van der Waals surface area contributed by atoms with Gasteiger partial charge < -0.3 is 0 Å². The van der Waals surface area contributed by atoms with Crippen LogP contribution in [0.1, 0.15) is 0 Å². The summed E-state index contributed by atoms with van der Waals surface area (Å²) < 4.78 is 0. The molecule has 0 saturated carbocycles. The topological polar surface area (TPSA) is 38.7 Å². The van der Waals surface area contributed by atoms with Gasteiger partial charge in [0.25, 0.3) is 0 Å². The molecule has 11 rings (SSSR count). The second kappa shape index (κ2) is 15.1. The van der Waals surface area contributed by atoms with Gasteiger partial charge in [-0.3, -0.25) is 4.98 Å². The lowest BCUT2D eigenvalue weighted by atomic mass is 9.90. The molecule has 3 heteroatoms. The van der Waals surface area contributed by atoms with Crippen LogP contribution in [0.2, 0.25) is 0 Å². The molecule has 3 nitrogen and oxygen atoms in total. The van der Waals surface area contributed by atoms with E-state index in [9.17, 15) is 0 Å². The summed E-state index contributed by atoms with van der Waals surface area (Å²) in [5.74, 6) is 0.687. The van der Waals surface area contributed by atoms with Crippen LogP contribution in [-0.4, -0.2) is 15.0 Å². The molecular weight excluding hydrogens is 727 g/mol. The van der Waals surface area contributed by atoms with Gasteiger partial charge in [0.1, 0.15) is 0 Å². The number of pyridine rings is 1. The third kappa shape index (κ3) is 6.58. The molecule has 60 heavy (non-hydrogen) atoms. The second-order valence-corrected chi connectivity index (χ2v) is 15.2. The zero-order valence-corrected chi connectivity index (χ0v) is 32.7. The molecule has 0 unspecified atom stereocenters. The van der Waals surface area contributed by atoms with Gasteiger partial charge in [0.2, 0.25) is 0 Å². The van der Waals surface area contributed by atoms with Gasteiger partial charge in [-0.15, -0.1) is 0 Å². The average Bonchev–Trinajstić information content (AvgIpc) is 3.34. The molecule has 11 aromatic rings. The van der Waals surface area contributed by atoms with Crippen molar-refractivity contribution in [1.82, 2.24) is 15.0 Å². The van der Waals surface area contributed by atoms with Gasteiger partial charge >= 0.3 is 0 Å². The van der Waals surface area contributed by atoms with Gasteiger partial charge in [-0.05, 0) is 113 Å². The van der Waals surface area contributed by atoms with Gasteiger partial charge in [0, 0.05) is 29.1 Å². The van der Waals surface area contributed by atoms with Crippen molar-refractivity contribution in [2.75, 3.05) is 0 Å². The smallest absolute Gasteiger partial charge is 0.160 e. The van der Waals surface area contributed by atoms with Crippen LogP contribution in [0, 0.1) is 0 Å². The Morgan fingerprint density at radius 3 is 1.25 bits per heavy atom. The fourth-order valence-corrected chi connectivity index (χ4v) is 8.51. The van der Waals surface area contributed by atoms with Crippen LogP contribution in [-0.2, 0) is 0 Å². The van der Waals surface area contributed by atoms with Crippen LogP contribution in [0.15, 0.2) is 225 Å². The van der Waals surface area contributed by atoms with Gasteiger partial charge in [0.05, 0.1) is 11.4 Å². The van der Waals surface area contributed by atoms with E-state index in [0.29, 0.717) is 5.82 Å². The van der Waals surface area contributed by atoms with E-state index in [1.165, 1.54) is 43.4 Å². The SMILES string of the molecule is c1ccc(-c2ccc(-c3cc(-c4cc(-c5ccc(-c6cccnc6)cc5)cc(-c5ccc6c7ccccc7c7ccccc7c6c5)c4)nc(-c4ccccc4)n3)cc2)cc1. The number of hydrogen-bond donors (Lipinski definition) is 0. The highest BCUT2D eigenvalue weighted by molar-refractivity contribution is 6.25. The summed E-state index contributed by atoms with van der Waals surface area (Å²) in [6.45, 7) is 0. The lowest BCUT2D eigenvalue weighted by Crippen LogP contribution is -1.96. The molecule has 0 spiro atoms. The first-order valence-electron chi connectivity index (χ1n) is 20.3. The standard InChI is InChI=1S/C57H37N3/c1-3-12-38(13-4-1)39-25-27-42(28-26-39)55-36-56(60-57(59-55)43-14-5-2-6-15-43)48-33-46(41-23-21-40(22-24-41)45-16-11-31-58-37-45)32-47(34-48)44-29-30-53-51-19-8-7-17-49(51)50-18-9-10-20-52(50)54(53)35-44/h1-37H. The fourth-order valence-electron chi connectivity index (χ4n) is 8.51. The first-order valence-corrected chi connectivity index (χ1v) is 20.3. The molecule has 0 bridgehead atoms. The van der Waals surface area contributed by atoms with E-state index < -0.39 is 0 Å². The van der Waals surface area contributed by atoms with E-state index in [4.69, 9.17) is 9.97 Å². The number of nitrogens with zero attached hydrogens (tertiary/aromatic N) is 3. The van der Waals surface area contributed by atoms with Gasteiger partial charge in [-0.2, -0.15) is 0 Å². The van der Waals surface area contributed by atoms with Crippen LogP contribution in [0.3, 0.4) is 0 Å². The predicted octanol–water partition coefficient (Wildman–Crippen LogP) is 15.0. The van der Waals surface area contributed by atoms with E-state index >= 15 is 0 Å². The van der Waals surface area contributed by atoms with Crippen molar-refractivity contribution < 1.29 is 0 Å². The third-order valence-corrected chi connectivity index (χ3v) is 11.6. The van der Waals surface area contributed by atoms with Crippen molar-refractivity contribution >= 4 is 32.3 Å². The number of rotatable bonds is 7. The van der Waals surface area contributed by atoms with Crippen LogP contribution < -0.4 is 0 Å². The highest BCUT2D eigenvalue weighted by Crippen LogP contribution is 2.40. The van der Waals surface area contributed by atoms with Gasteiger partial charge in [-0.1, -0.05) is 176 Å². The Hall–Kier alpha value is -8.01. The van der Waals surface area contributed by atoms with Gasteiger partial charge in [-0.25, -0.2) is 9.97 Å². The lowest BCUT2D eigenvalue weighted by Gasteiger charge is -2.15. The minimum absolute atomic E-state index is 0.687. The molecule has 0 aliphatic heterocycles. The second-order valence-electron chi connectivity index (χ2n) is 15.2. The minimum Gasteiger partial charge on any atom is -0.264 e. The van der Waals surface area contributed by atoms with Crippen molar-refractivity contribution in [2.24, 2.45) is 0 Å². The molecule has 9 aromatic carbocycles. The molecule has 0 aliphatic carbocycles. The van der Waals surface area contributed by atoms with Gasteiger partial charge in [0.15, 0.2) is 5.82 Å². The number of hydrogen-bond acceptors (Lipinski definition) is 3. The van der Waals surface area contributed by atoms with E-state index in [2.05, 4.69) is 187 Å². The van der Waals surface area contributed by atoms with Crippen LogP contribution in [0.25, 0.3) is 111 Å². The maximum atomic E-state index is 5.29. The van der Waals surface area contributed by atoms with Crippen molar-refractivity contribution in [3.63, 3.8) is 0 Å². The van der Waals surface area contributed by atoms with Crippen LogP contribution in [0.5, 0.6) is 0 Å². The monoisotopic (exact) mass is 763 g/mol. The van der Waals surface area contributed by atoms with Crippen molar-refractivity contribution in [1.29, 1.82) is 0 Å². The maximum absolute atomic E-state index is 5.29. The Morgan fingerprint density at radius 2 is 0.650 bits per heavy atom. The summed E-state index contributed by atoms with van der Waals surface area (Å²) in [4.78, 5) is 14.8. The average molecular weight is 764 g/mol. The molecule has 280 valence electrons. The molecule has 0 N–H and O–H groups in total. The largest absolute Gasteiger partial charge is 0.264 e. The molecule has 0 saturated heterocycles. The Kier molecular flexibility index (Phi) is 8.83. The summed E-state index contributed by atoms with van der Waals surface area (Å²) in [7, 11) is 0. The Morgan fingerprint density at radius 1 is 0.233 bits per heavy atom. The number of aromatic nitrogens is 3.